The molecule has 0 saturated heterocycles. The summed E-state index contributed by atoms with van der Waals surface area (Å²) in [5.41, 5.74) is 1.67. The normalized spacial score (nSPS) is 10.4. The maximum atomic E-state index is 10.8. The van der Waals surface area contributed by atoms with Crippen molar-refractivity contribution in [2.75, 3.05) is 5.32 Å². The number of aromatic nitrogens is 2. The summed E-state index contributed by atoms with van der Waals surface area (Å²) in [7, 11) is 1.87. The van der Waals surface area contributed by atoms with Crippen LogP contribution in [0.4, 0.5) is 5.69 Å². The molecule has 0 aliphatic heterocycles. The predicted octanol–water partition coefficient (Wildman–Crippen LogP) is 1.53. The van der Waals surface area contributed by atoms with E-state index >= 15 is 0 Å². The van der Waals surface area contributed by atoms with Crippen molar-refractivity contribution in [3.63, 3.8) is 0 Å². The highest BCUT2D eigenvalue weighted by Crippen LogP contribution is 2.17. The number of carbonyl (C=O) groups is 1. The van der Waals surface area contributed by atoms with Gasteiger partial charge in [0.25, 0.3) is 0 Å². The number of nitrogens with one attached hydrogen (secondary N) is 1. The Labute approximate surface area is 81.5 Å². The zero-order valence-corrected chi connectivity index (χ0v) is 8.11. The first-order valence-electron chi connectivity index (χ1n) is 4.36. The van der Waals surface area contributed by atoms with E-state index < -0.39 is 0 Å². The summed E-state index contributed by atoms with van der Waals surface area (Å²) in [4.78, 5) is 10.8. The van der Waals surface area contributed by atoms with E-state index in [0.29, 0.717) is 0 Å². The first kappa shape index (κ1) is 8.74. The highest BCUT2D eigenvalue weighted by molar-refractivity contribution is 5.91. The summed E-state index contributed by atoms with van der Waals surface area (Å²) in [6.45, 7) is 1.49. The van der Waals surface area contributed by atoms with E-state index in [9.17, 15) is 4.79 Å². The van der Waals surface area contributed by atoms with E-state index in [1.807, 2.05) is 31.4 Å². The van der Waals surface area contributed by atoms with Gasteiger partial charge in [-0.15, -0.1) is 0 Å². The lowest BCUT2D eigenvalue weighted by molar-refractivity contribution is -0.114. The van der Waals surface area contributed by atoms with Gasteiger partial charge in [0.2, 0.25) is 5.91 Å². The minimum absolute atomic E-state index is 0.0692. The predicted molar refractivity (Wildman–Crippen MR) is 55.0 cm³/mol. The second-order valence-electron chi connectivity index (χ2n) is 3.26. The molecule has 0 radical (unpaired) electrons. The Morgan fingerprint density at radius 1 is 1.50 bits per heavy atom. The summed E-state index contributed by atoms with van der Waals surface area (Å²) in [6, 6.07) is 5.66. The Hall–Kier alpha value is -1.84. The summed E-state index contributed by atoms with van der Waals surface area (Å²) in [5.74, 6) is -0.0692. The number of fused-ring (bicyclic) bond motifs is 1. The topological polar surface area (TPSA) is 46.9 Å². The standard InChI is InChI=1S/C10H11N3O/c1-7(14)11-9-4-3-8-6-13(2)12-10(8)5-9/h3-6H,1-2H3,(H,11,14). The monoisotopic (exact) mass is 189 g/mol. The number of nitrogens with zero attached hydrogens (tertiary/aromatic N) is 2. The highest BCUT2D eigenvalue weighted by Gasteiger charge is 2.00. The third-order valence-electron chi connectivity index (χ3n) is 1.94. The number of benzene rings is 1. The molecular weight excluding hydrogens is 178 g/mol. The molecule has 0 bridgehead atoms. The van der Waals surface area contributed by atoms with Crippen LogP contribution in [0.1, 0.15) is 6.92 Å². The molecule has 0 atom stereocenters. The smallest absolute Gasteiger partial charge is 0.221 e. The molecule has 2 rings (SSSR count). The number of hydrogen-bond acceptors (Lipinski definition) is 2. The number of rotatable bonds is 1. The van der Waals surface area contributed by atoms with Crippen LogP contribution in [0.25, 0.3) is 10.9 Å². The molecule has 0 spiro atoms. The third kappa shape index (κ3) is 1.59. The van der Waals surface area contributed by atoms with Crippen LogP contribution in [0.3, 0.4) is 0 Å². The Kier molecular flexibility index (Phi) is 1.96. The van der Waals surface area contributed by atoms with E-state index in [1.54, 1.807) is 4.68 Å². The van der Waals surface area contributed by atoms with Gasteiger partial charge in [-0.1, -0.05) is 0 Å². The van der Waals surface area contributed by atoms with Crippen LogP contribution in [-0.4, -0.2) is 15.7 Å². The van der Waals surface area contributed by atoms with E-state index in [1.165, 1.54) is 6.92 Å². The van der Waals surface area contributed by atoms with Gasteiger partial charge in [0.05, 0.1) is 5.52 Å². The second-order valence-corrected chi connectivity index (χ2v) is 3.26. The average molecular weight is 189 g/mol. The van der Waals surface area contributed by atoms with Crippen molar-refractivity contribution in [1.29, 1.82) is 0 Å². The fourth-order valence-electron chi connectivity index (χ4n) is 1.42. The number of hydrogen-bond donors (Lipinski definition) is 1. The fraction of sp³-hybridized carbons (Fsp3) is 0.200. The SMILES string of the molecule is CC(=O)Nc1ccc2cn(C)nc2c1. The Morgan fingerprint density at radius 2 is 2.29 bits per heavy atom. The molecular formula is C10H11N3O. The molecule has 0 saturated carbocycles. The van der Waals surface area contributed by atoms with Crippen molar-refractivity contribution in [1.82, 2.24) is 9.78 Å². The Morgan fingerprint density at radius 3 is 3.00 bits per heavy atom. The zero-order chi connectivity index (χ0) is 10.1. The number of amides is 1. The van der Waals surface area contributed by atoms with Crippen molar-refractivity contribution in [2.24, 2.45) is 7.05 Å². The first-order chi connectivity index (χ1) is 6.65. The second kappa shape index (κ2) is 3.14. The van der Waals surface area contributed by atoms with Crippen molar-refractivity contribution in [3.8, 4) is 0 Å². The summed E-state index contributed by atoms with van der Waals surface area (Å²) >= 11 is 0. The van der Waals surface area contributed by atoms with Crippen LogP contribution in [-0.2, 0) is 11.8 Å². The quantitative estimate of drug-likeness (QED) is 0.739. The Bertz CT molecular complexity index is 487. The van der Waals surface area contributed by atoms with Gasteiger partial charge in [-0.2, -0.15) is 5.10 Å². The zero-order valence-electron chi connectivity index (χ0n) is 8.11. The fourth-order valence-corrected chi connectivity index (χ4v) is 1.42. The lowest BCUT2D eigenvalue weighted by Gasteiger charge is -1.99. The molecule has 1 aromatic heterocycles. The minimum atomic E-state index is -0.0692. The van der Waals surface area contributed by atoms with E-state index in [-0.39, 0.29) is 5.91 Å². The summed E-state index contributed by atoms with van der Waals surface area (Å²) < 4.78 is 1.75. The van der Waals surface area contributed by atoms with Crippen LogP contribution < -0.4 is 5.32 Å². The molecule has 2 aromatic rings. The van der Waals surface area contributed by atoms with Gasteiger partial charge >= 0.3 is 0 Å². The Balaban J connectivity index is 2.45. The van der Waals surface area contributed by atoms with Crippen molar-refractivity contribution in [2.45, 2.75) is 6.92 Å². The molecule has 0 aliphatic rings. The maximum Gasteiger partial charge on any atom is 0.221 e. The van der Waals surface area contributed by atoms with E-state index in [4.69, 9.17) is 0 Å². The lowest BCUT2D eigenvalue weighted by atomic mass is 10.2. The minimum Gasteiger partial charge on any atom is -0.326 e. The third-order valence-corrected chi connectivity index (χ3v) is 1.94. The van der Waals surface area contributed by atoms with Gasteiger partial charge in [-0.25, -0.2) is 0 Å². The summed E-state index contributed by atoms with van der Waals surface area (Å²) in [5, 5.41) is 8.04. The molecule has 4 nitrogen and oxygen atoms in total. The van der Waals surface area contributed by atoms with E-state index in [2.05, 4.69) is 10.4 Å². The van der Waals surface area contributed by atoms with Gasteiger partial charge in [-0.05, 0) is 18.2 Å². The molecule has 0 unspecified atom stereocenters. The van der Waals surface area contributed by atoms with Gasteiger partial charge in [-0.3, -0.25) is 9.48 Å². The molecule has 1 aromatic carbocycles. The molecule has 72 valence electrons. The van der Waals surface area contributed by atoms with Gasteiger partial charge in [0.15, 0.2) is 0 Å². The molecule has 0 aliphatic carbocycles. The molecule has 1 heterocycles. The van der Waals surface area contributed by atoms with Crippen molar-refractivity contribution >= 4 is 22.5 Å². The molecule has 4 heteroatoms. The van der Waals surface area contributed by atoms with Crippen molar-refractivity contribution < 1.29 is 4.79 Å². The lowest BCUT2D eigenvalue weighted by Crippen LogP contribution is -2.05. The number of carbonyl (C=O) groups excluding carboxylic acids is 1. The number of aryl methyl sites for hydroxylation is 1. The largest absolute Gasteiger partial charge is 0.326 e. The molecule has 1 N–H and O–H groups in total. The van der Waals surface area contributed by atoms with Crippen LogP contribution in [0.15, 0.2) is 24.4 Å². The maximum absolute atomic E-state index is 10.8. The van der Waals surface area contributed by atoms with Crippen molar-refractivity contribution in [3.05, 3.63) is 24.4 Å². The first-order valence-corrected chi connectivity index (χ1v) is 4.36. The average Bonchev–Trinajstić information content (AvgIpc) is 2.42. The van der Waals surface area contributed by atoms with Gasteiger partial charge < -0.3 is 5.32 Å². The van der Waals surface area contributed by atoms with Crippen LogP contribution in [0.5, 0.6) is 0 Å². The van der Waals surface area contributed by atoms with Crippen LogP contribution in [0.2, 0.25) is 0 Å². The molecule has 1 amide bonds. The van der Waals surface area contributed by atoms with Gasteiger partial charge in [0, 0.05) is 31.2 Å². The highest BCUT2D eigenvalue weighted by atomic mass is 16.1. The number of anilines is 1. The van der Waals surface area contributed by atoms with E-state index in [0.717, 1.165) is 16.6 Å². The van der Waals surface area contributed by atoms with Gasteiger partial charge in [0.1, 0.15) is 0 Å². The van der Waals surface area contributed by atoms with Crippen LogP contribution >= 0.6 is 0 Å². The summed E-state index contributed by atoms with van der Waals surface area (Å²) in [6.07, 6.45) is 1.94. The van der Waals surface area contributed by atoms with Crippen LogP contribution in [0, 0.1) is 0 Å². The molecule has 14 heavy (non-hydrogen) atoms. The molecule has 0 fully saturated rings.